The molecule has 5 heteroatoms. The second-order valence-corrected chi connectivity index (χ2v) is 6.83. The second kappa shape index (κ2) is 6.93. The third kappa shape index (κ3) is 3.05. The number of anilines is 1. The SMILES string of the molecule is CCC1NCCCC1CNc1c(F)cc2c(=O)c(C)c[nH]c2c1C. The molecule has 3 rings (SSSR count). The molecule has 1 aliphatic rings. The molecule has 24 heavy (non-hydrogen) atoms. The summed E-state index contributed by atoms with van der Waals surface area (Å²) in [6.45, 7) is 7.59. The first-order valence-corrected chi connectivity index (χ1v) is 8.81. The quantitative estimate of drug-likeness (QED) is 0.804. The summed E-state index contributed by atoms with van der Waals surface area (Å²) in [6, 6.07) is 1.84. The van der Waals surface area contributed by atoms with Gasteiger partial charge in [-0.2, -0.15) is 0 Å². The van der Waals surface area contributed by atoms with Crippen LogP contribution in [0.2, 0.25) is 0 Å². The lowest BCUT2D eigenvalue weighted by molar-refractivity contribution is 0.285. The molecular weight excluding hydrogens is 305 g/mol. The van der Waals surface area contributed by atoms with Gasteiger partial charge in [0.15, 0.2) is 5.43 Å². The van der Waals surface area contributed by atoms with Gasteiger partial charge < -0.3 is 15.6 Å². The number of hydrogen-bond donors (Lipinski definition) is 3. The van der Waals surface area contributed by atoms with Crippen molar-refractivity contribution in [2.24, 2.45) is 5.92 Å². The maximum atomic E-state index is 14.6. The Morgan fingerprint density at radius 2 is 2.17 bits per heavy atom. The lowest BCUT2D eigenvalue weighted by atomic mass is 9.89. The molecule has 0 spiro atoms. The van der Waals surface area contributed by atoms with Crippen LogP contribution in [0, 0.1) is 25.6 Å². The highest BCUT2D eigenvalue weighted by molar-refractivity contribution is 5.87. The minimum Gasteiger partial charge on any atom is -0.382 e. The van der Waals surface area contributed by atoms with E-state index in [-0.39, 0.29) is 11.2 Å². The molecule has 1 saturated heterocycles. The third-order valence-electron chi connectivity index (χ3n) is 5.27. The van der Waals surface area contributed by atoms with E-state index in [4.69, 9.17) is 0 Å². The fourth-order valence-electron chi connectivity index (χ4n) is 3.79. The average Bonchev–Trinajstić information content (AvgIpc) is 2.58. The summed E-state index contributed by atoms with van der Waals surface area (Å²) >= 11 is 0. The van der Waals surface area contributed by atoms with Crippen LogP contribution in [-0.2, 0) is 0 Å². The first kappa shape index (κ1) is 17.0. The van der Waals surface area contributed by atoms with Gasteiger partial charge in [-0.05, 0) is 57.2 Å². The van der Waals surface area contributed by atoms with Crippen molar-refractivity contribution < 1.29 is 4.39 Å². The van der Waals surface area contributed by atoms with Crippen molar-refractivity contribution in [3.8, 4) is 0 Å². The Labute approximate surface area is 141 Å². The van der Waals surface area contributed by atoms with Crippen molar-refractivity contribution in [1.82, 2.24) is 10.3 Å². The average molecular weight is 331 g/mol. The number of aromatic amines is 1. The van der Waals surface area contributed by atoms with E-state index in [0.717, 1.165) is 37.9 Å². The molecule has 0 radical (unpaired) electrons. The van der Waals surface area contributed by atoms with Gasteiger partial charge >= 0.3 is 0 Å². The van der Waals surface area contributed by atoms with E-state index in [1.165, 1.54) is 6.07 Å². The van der Waals surface area contributed by atoms with E-state index >= 15 is 0 Å². The van der Waals surface area contributed by atoms with Crippen LogP contribution < -0.4 is 16.1 Å². The van der Waals surface area contributed by atoms with E-state index < -0.39 is 0 Å². The van der Waals surface area contributed by atoms with Crippen LogP contribution in [0.1, 0.15) is 37.3 Å². The van der Waals surface area contributed by atoms with Gasteiger partial charge in [-0.15, -0.1) is 0 Å². The van der Waals surface area contributed by atoms with Crippen LogP contribution in [0.4, 0.5) is 10.1 Å². The van der Waals surface area contributed by atoms with E-state index in [1.807, 2.05) is 6.92 Å². The molecule has 3 N–H and O–H groups in total. The van der Waals surface area contributed by atoms with Gasteiger partial charge in [0.2, 0.25) is 0 Å². The highest BCUT2D eigenvalue weighted by Gasteiger charge is 2.23. The fourth-order valence-corrected chi connectivity index (χ4v) is 3.79. The number of aromatic nitrogens is 1. The smallest absolute Gasteiger partial charge is 0.192 e. The lowest BCUT2D eigenvalue weighted by Crippen LogP contribution is -2.43. The molecule has 2 aromatic rings. The fraction of sp³-hybridized carbons (Fsp3) is 0.526. The highest BCUT2D eigenvalue weighted by Crippen LogP contribution is 2.27. The number of piperidine rings is 1. The predicted octanol–water partition coefficient (Wildman–Crippen LogP) is 3.47. The zero-order valence-corrected chi connectivity index (χ0v) is 14.6. The molecule has 0 bridgehead atoms. The van der Waals surface area contributed by atoms with Crippen LogP contribution in [-0.4, -0.2) is 24.1 Å². The van der Waals surface area contributed by atoms with Gasteiger partial charge in [-0.25, -0.2) is 4.39 Å². The summed E-state index contributed by atoms with van der Waals surface area (Å²) in [7, 11) is 0. The van der Waals surface area contributed by atoms with Crippen molar-refractivity contribution in [3.63, 3.8) is 0 Å². The summed E-state index contributed by atoms with van der Waals surface area (Å²) < 4.78 is 14.6. The number of pyridine rings is 1. The van der Waals surface area contributed by atoms with E-state index in [1.54, 1.807) is 13.1 Å². The molecule has 0 saturated carbocycles. The Morgan fingerprint density at radius 3 is 2.92 bits per heavy atom. The molecule has 0 amide bonds. The van der Waals surface area contributed by atoms with Crippen molar-refractivity contribution in [2.75, 3.05) is 18.4 Å². The first-order chi connectivity index (χ1) is 11.5. The largest absolute Gasteiger partial charge is 0.382 e. The first-order valence-electron chi connectivity index (χ1n) is 8.81. The second-order valence-electron chi connectivity index (χ2n) is 6.83. The van der Waals surface area contributed by atoms with Crippen molar-refractivity contribution in [2.45, 2.75) is 46.1 Å². The molecule has 130 valence electrons. The summed E-state index contributed by atoms with van der Waals surface area (Å²) in [5.74, 6) is 0.142. The number of aryl methyl sites for hydroxylation is 2. The molecular formula is C19H26FN3O. The zero-order valence-electron chi connectivity index (χ0n) is 14.6. The van der Waals surface area contributed by atoms with Gasteiger partial charge in [0.25, 0.3) is 0 Å². The highest BCUT2D eigenvalue weighted by atomic mass is 19.1. The minimum atomic E-state index is -0.354. The predicted molar refractivity (Wildman–Crippen MR) is 97.3 cm³/mol. The Hall–Kier alpha value is -1.88. The summed E-state index contributed by atoms with van der Waals surface area (Å²) in [5.41, 5.74) is 2.46. The van der Waals surface area contributed by atoms with Crippen molar-refractivity contribution >= 4 is 16.6 Å². The van der Waals surface area contributed by atoms with Crippen LogP contribution >= 0.6 is 0 Å². The normalized spacial score (nSPS) is 21.2. The molecule has 1 aromatic heterocycles. The van der Waals surface area contributed by atoms with Gasteiger partial charge in [-0.3, -0.25) is 4.79 Å². The van der Waals surface area contributed by atoms with E-state index in [9.17, 15) is 9.18 Å². The number of fused-ring (bicyclic) bond motifs is 1. The Bertz CT molecular complexity index is 799. The van der Waals surface area contributed by atoms with Gasteiger partial charge in [-0.1, -0.05) is 6.92 Å². The van der Waals surface area contributed by atoms with Crippen molar-refractivity contribution in [3.05, 3.63) is 39.4 Å². The molecule has 1 aromatic carbocycles. The van der Waals surface area contributed by atoms with Crippen LogP contribution in [0.15, 0.2) is 17.1 Å². The molecule has 4 nitrogen and oxygen atoms in total. The van der Waals surface area contributed by atoms with Gasteiger partial charge in [0.05, 0.1) is 11.2 Å². The van der Waals surface area contributed by atoms with Crippen LogP contribution in [0.25, 0.3) is 10.9 Å². The van der Waals surface area contributed by atoms with Crippen molar-refractivity contribution in [1.29, 1.82) is 0 Å². The Balaban J connectivity index is 1.90. The monoisotopic (exact) mass is 331 g/mol. The molecule has 0 aliphatic carbocycles. The number of H-pyrrole nitrogens is 1. The molecule has 2 unspecified atom stereocenters. The molecule has 2 atom stereocenters. The number of benzene rings is 1. The zero-order chi connectivity index (χ0) is 17.3. The van der Waals surface area contributed by atoms with Crippen LogP contribution in [0.3, 0.4) is 0 Å². The van der Waals surface area contributed by atoms with Gasteiger partial charge in [0.1, 0.15) is 5.82 Å². The van der Waals surface area contributed by atoms with E-state index in [0.29, 0.717) is 34.1 Å². The molecule has 2 heterocycles. The maximum absolute atomic E-state index is 14.6. The standard InChI is InChI=1S/C19H26FN3O/c1-4-16-13(6-5-7-21-16)10-23-18-12(3)17-14(8-15(18)20)19(24)11(2)9-22-17/h8-9,13,16,21,23H,4-7,10H2,1-3H3,(H,22,24). The minimum absolute atomic E-state index is 0.111. The number of hydrogen-bond acceptors (Lipinski definition) is 3. The molecule has 1 aliphatic heterocycles. The van der Waals surface area contributed by atoms with E-state index in [2.05, 4.69) is 22.5 Å². The number of rotatable bonds is 4. The number of halogens is 1. The van der Waals surface area contributed by atoms with Crippen LogP contribution in [0.5, 0.6) is 0 Å². The summed E-state index contributed by atoms with van der Waals surface area (Å²) in [5, 5.41) is 7.27. The topological polar surface area (TPSA) is 56.9 Å². The summed E-state index contributed by atoms with van der Waals surface area (Å²) in [4.78, 5) is 15.4. The van der Waals surface area contributed by atoms with Gasteiger partial charge in [0, 0.05) is 29.7 Å². The summed E-state index contributed by atoms with van der Waals surface area (Å²) in [6.07, 6.45) is 5.09. The third-order valence-corrected chi connectivity index (χ3v) is 5.27. The Morgan fingerprint density at radius 1 is 1.38 bits per heavy atom. The Kier molecular flexibility index (Phi) is 4.90. The molecule has 1 fully saturated rings. The maximum Gasteiger partial charge on any atom is 0.192 e. The lowest BCUT2D eigenvalue weighted by Gasteiger charge is -2.32. The number of nitrogens with one attached hydrogen (secondary N) is 3.